The average molecular weight is 299 g/mol. The molecular weight excluding hydrogens is 274 g/mol. The number of hydrogen-bond acceptors (Lipinski definition) is 4. The van der Waals surface area contributed by atoms with Gasteiger partial charge >= 0.3 is 0 Å². The van der Waals surface area contributed by atoms with Crippen molar-refractivity contribution >= 4 is 9.84 Å². The molecule has 20 heavy (non-hydrogen) atoms. The molecule has 0 saturated carbocycles. The Kier molecular flexibility index (Phi) is 6.65. The second kappa shape index (κ2) is 7.76. The van der Waals surface area contributed by atoms with E-state index in [4.69, 9.17) is 0 Å². The quantitative estimate of drug-likeness (QED) is 0.794. The van der Waals surface area contributed by atoms with Crippen molar-refractivity contribution in [3.8, 4) is 0 Å². The van der Waals surface area contributed by atoms with Gasteiger partial charge in [-0.3, -0.25) is 4.90 Å². The van der Waals surface area contributed by atoms with E-state index in [9.17, 15) is 13.5 Å². The SMILES string of the molecule is CC(CN(C)C(CCO)c1ccccc1)CS(C)(=O)=O. The van der Waals surface area contributed by atoms with E-state index in [-0.39, 0.29) is 24.3 Å². The monoisotopic (exact) mass is 299 g/mol. The molecule has 0 saturated heterocycles. The van der Waals surface area contributed by atoms with Gasteiger partial charge < -0.3 is 5.11 Å². The average Bonchev–Trinajstić information content (AvgIpc) is 2.34. The highest BCUT2D eigenvalue weighted by Gasteiger charge is 2.20. The summed E-state index contributed by atoms with van der Waals surface area (Å²) in [5.41, 5.74) is 1.15. The van der Waals surface area contributed by atoms with Crippen LogP contribution < -0.4 is 0 Å². The largest absolute Gasteiger partial charge is 0.396 e. The number of benzene rings is 1. The number of aliphatic hydroxyl groups is 1. The first-order chi connectivity index (χ1) is 9.33. The van der Waals surface area contributed by atoms with Crippen molar-refractivity contribution in [1.82, 2.24) is 4.90 Å². The third-order valence-corrected chi connectivity index (χ3v) is 4.48. The van der Waals surface area contributed by atoms with Crippen LogP contribution in [0.15, 0.2) is 30.3 Å². The van der Waals surface area contributed by atoms with E-state index in [1.807, 2.05) is 44.3 Å². The molecule has 0 radical (unpaired) electrons. The number of sulfone groups is 1. The Labute approximate surface area is 122 Å². The van der Waals surface area contributed by atoms with Gasteiger partial charge in [0, 0.05) is 25.4 Å². The lowest BCUT2D eigenvalue weighted by Gasteiger charge is -2.30. The van der Waals surface area contributed by atoms with E-state index in [0.29, 0.717) is 13.0 Å². The summed E-state index contributed by atoms with van der Waals surface area (Å²) in [4.78, 5) is 2.13. The molecule has 1 aromatic rings. The van der Waals surface area contributed by atoms with Crippen LogP contribution in [0.1, 0.15) is 24.9 Å². The Balaban J connectivity index is 2.72. The van der Waals surface area contributed by atoms with E-state index < -0.39 is 9.84 Å². The molecule has 4 nitrogen and oxygen atoms in total. The van der Waals surface area contributed by atoms with Gasteiger partial charge in [0.05, 0.1) is 5.75 Å². The Morgan fingerprint density at radius 2 is 1.85 bits per heavy atom. The van der Waals surface area contributed by atoms with Crippen molar-refractivity contribution in [2.45, 2.75) is 19.4 Å². The highest BCUT2D eigenvalue weighted by molar-refractivity contribution is 7.90. The van der Waals surface area contributed by atoms with Gasteiger partial charge in [-0.1, -0.05) is 37.3 Å². The molecule has 0 fully saturated rings. The van der Waals surface area contributed by atoms with Crippen molar-refractivity contribution in [1.29, 1.82) is 0 Å². The highest BCUT2D eigenvalue weighted by atomic mass is 32.2. The molecule has 0 aromatic heterocycles. The summed E-state index contributed by atoms with van der Waals surface area (Å²) in [6.45, 7) is 2.75. The van der Waals surface area contributed by atoms with Crippen molar-refractivity contribution in [2.24, 2.45) is 5.92 Å². The standard InChI is InChI=1S/C15H25NO3S/c1-13(12-20(3,18)19)11-16(2)15(9-10-17)14-7-5-4-6-8-14/h4-8,13,15,17H,9-12H2,1-3H3. The number of hydrogen-bond donors (Lipinski definition) is 1. The lowest BCUT2D eigenvalue weighted by atomic mass is 10.0. The van der Waals surface area contributed by atoms with Gasteiger partial charge in [-0.25, -0.2) is 8.42 Å². The van der Waals surface area contributed by atoms with Crippen LogP contribution in [0.2, 0.25) is 0 Å². The second-order valence-corrected chi connectivity index (χ2v) is 7.76. The Morgan fingerprint density at radius 3 is 2.35 bits per heavy atom. The molecule has 0 heterocycles. The summed E-state index contributed by atoms with van der Waals surface area (Å²) < 4.78 is 22.7. The molecular formula is C15H25NO3S. The zero-order valence-corrected chi connectivity index (χ0v) is 13.3. The minimum absolute atomic E-state index is 0.0694. The lowest BCUT2D eigenvalue weighted by Crippen LogP contribution is -2.32. The van der Waals surface area contributed by atoms with E-state index >= 15 is 0 Å². The second-order valence-electron chi connectivity index (χ2n) is 5.58. The zero-order chi connectivity index (χ0) is 15.2. The summed E-state index contributed by atoms with van der Waals surface area (Å²) in [6.07, 6.45) is 1.91. The van der Waals surface area contributed by atoms with Crippen LogP contribution in [0.25, 0.3) is 0 Å². The van der Waals surface area contributed by atoms with Gasteiger partial charge in [-0.05, 0) is 24.9 Å². The van der Waals surface area contributed by atoms with Crippen LogP contribution >= 0.6 is 0 Å². The van der Waals surface area contributed by atoms with Crippen LogP contribution in [-0.2, 0) is 9.84 Å². The van der Waals surface area contributed by atoms with Crippen molar-refractivity contribution in [3.63, 3.8) is 0 Å². The fourth-order valence-corrected chi connectivity index (χ4v) is 3.77. The topological polar surface area (TPSA) is 57.6 Å². The third-order valence-electron chi connectivity index (χ3n) is 3.31. The van der Waals surface area contributed by atoms with Crippen molar-refractivity contribution < 1.29 is 13.5 Å². The molecule has 1 aromatic carbocycles. The first kappa shape index (κ1) is 17.1. The van der Waals surface area contributed by atoms with Crippen LogP contribution in [0.4, 0.5) is 0 Å². The minimum Gasteiger partial charge on any atom is -0.396 e. The normalized spacial score (nSPS) is 15.2. The predicted molar refractivity (Wildman–Crippen MR) is 82.4 cm³/mol. The fourth-order valence-electron chi connectivity index (χ4n) is 2.63. The summed E-state index contributed by atoms with van der Waals surface area (Å²) in [6, 6.07) is 10.1. The predicted octanol–water partition coefficient (Wildman–Crippen LogP) is 1.72. The molecule has 0 aliphatic heterocycles. The zero-order valence-electron chi connectivity index (χ0n) is 12.5. The first-order valence-electron chi connectivity index (χ1n) is 6.87. The molecule has 0 amide bonds. The van der Waals surface area contributed by atoms with Gasteiger partial charge in [-0.2, -0.15) is 0 Å². The minimum atomic E-state index is -2.95. The molecule has 2 unspecified atom stereocenters. The lowest BCUT2D eigenvalue weighted by molar-refractivity contribution is 0.172. The number of aliphatic hydroxyl groups excluding tert-OH is 1. The highest BCUT2D eigenvalue weighted by Crippen LogP contribution is 2.23. The molecule has 2 atom stereocenters. The van der Waals surface area contributed by atoms with Crippen LogP contribution in [0, 0.1) is 5.92 Å². The molecule has 1 rings (SSSR count). The molecule has 5 heteroatoms. The number of rotatable bonds is 8. The van der Waals surface area contributed by atoms with Crippen LogP contribution in [0.3, 0.4) is 0 Å². The van der Waals surface area contributed by atoms with Crippen LogP contribution in [0.5, 0.6) is 0 Å². The Morgan fingerprint density at radius 1 is 1.25 bits per heavy atom. The summed E-state index contributed by atoms with van der Waals surface area (Å²) in [5, 5.41) is 9.24. The Bertz CT molecular complexity index is 487. The molecule has 0 aliphatic carbocycles. The summed E-state index contributed by atoms with van der Waals surface area (Å²) in [7, 11) is -0.969. The number of nitrogens with zero attached hydrogens (tertiary/aromatic N) is 1. The maximum Gasteiger partial charge on any atom is 0.147 e. The van der Waals surface area contributed by atoms with Gasteiger partial charge in [0.1, 0.15) is 9.84 Å². The van der Waals surface area contributed by atoms with Gasteiger partial charge in [-0.15, -0.1) is 0 Å². The van der Waals surface area contributed by atoms with Gasteiger partial charge in [0.25, 0.3) is 0 Å². The van der Waals surface area contributed by atoms with Crippen LogP contribution in [-0.4, -0.2) is 50.6 Å². The van der Waals surface area contributed by atoms with Crippen molar-refractivity contribution in [3.05, 3.63) is 35.9 Å². The smallest absolute Gasteiger partial charge is 0.147 e. The molecule has 1 N–H and O–H groups in total. The molecule has 0 aliphatic rings. The van der Waals surface area contributed by atoms with Gasteiger partial charge in [0.2, 0.25) is 0 Å². The maximum absolute atomic E-state index is 11.3. The third kappa shape index (κ3) is 6.03. The summed E-state index contributed by atoms with van der Waals surface area (Å²) >= 11 is 0. The van der Waals surface area contributed by atoms with E-state index in [2.05, 4.69) is 4.90 Å². The molecule has 0 spiro atoms. The van der Waals surface area contributed by atoms with E-state index in [1.165, 1.54) is 6.26 Å². The molecule has 114 valence electrons. The first-order valence-corrected chi connectivity index (χ1v) is 8.93. The maximum atomic E-state index is 11.3. The van der Waals surface area contributed by atoms with E-state index in [1.54, 1.807) is 0 Å². The van der Waals surface area contributed by atoms with Crippen molar-refractivity contribution in [2.75, 3.05) is 32.2 Å². The fraction of sp³-hybridized carbons (Fsp3) is 0.600. The summed E-state index contributed by atoms with van der Waals surface area (Å²) in [5.74, 6) is 0.262. The van der Waals surface area contributed by atoms with E-state index in [0.717, 1.165) is 5.56 Å². The van der Waals surface area contributed by atoms with Gasteiger partial charge in [0.15, 0.2) is 0 Å². The molecule has 0 bridgehead atoms. The Hall–Kier alpha value is -0.910.